The zero-order valence-corrected chi connectivity index (χ0v) is 11.4. The minimum atomic E-state index is -0.177. The molecule has 1 fully saturated rings. The average molecular weight is 276 g/mol. The monoisotopic (exact) mass is 276 g/mol. The van der Waals surface area contributed by atoms with Crippen LogP contribution in [0.5, 0.6) is 0 Å². The molecule has 0 radical (unpaired) electrons. The number of rotatable bonds is 3. The first-order chi connectivity index (χ1) is 9.26. The highest BCUT2D eigenvalue weighted by Gasteiger charge is 2.16. The summed E-state index contributed by atoms with van der Waals surface area (Å²) in [5, 5.41) is 3.84. The standard InChI is InChI=1S/C13H16N4OS/c14-8-12(18)15-9-3-4-10-11(7-9)19-13(16-10)17-5-1-2-6-17/h3-4,7H,1-2,5-6,8,14H2,(H,15,18). The van der Waals surface area contributed by atoms with Gasteiger partial charge in [-0.2, -0.15) is 0 Å². The van der Waals surface area contributed by atoms with Gasteiger partial charge in [0.15, 0.2) is 5.13 Å². The van der Waals surface area contributed by atoms with Crippen molar-refractivity contribution < 1.29 is 4.79 Å². The zero-order chi connectivity index (χ0) is 13.2. The van der Waals surface area contributed by atoms with Crippen molar-refractivity contribution in [3.63, 3.8) is 0 Å². The average Bonchev–Trinajstić information content (AvgIpc) is 3.06. The topological polar surface area (TPSA) is 71.2 Å². The Morgan fingerprint density at radius 3 is 2.95 bits per heavy atom. The van der Waals surface area contributed by atoms with Gasteiger partial charge in [0.2, 0.25) is 5.91 Å². The van der Waals surface area contributed by atoms with Gasteiger partial charge in [-0.25, -0.2) is 4.98 Å². The molecule has 0 saturated carbocycles. The lowest BCUT2D eigenvalue weighted by Gasteiger charge is -2.11. The van der Waals surface area contributed by atoms with Gasteiger partial charge in [-0.05, 0) is 31.0 Å². The third-order valence-corrected chi connectivity index (χ3v) is 4.30. The lowest BCUT2D eigenvalue weighted by molar-refractivity contribution is -0.114. The maximum atomic E-state index is 11.3. The van der Waals surface area contributed by atoms with Crippen LogP contribution in [0.4, 0.5) is 10.8 Å². The fraction of sp³-hybridized carbons (Fsp3) is 0.385. The summed E-state index contributed by atoms with van der Waals surface area (Å²) in [6, 6.07) is 5.76. The number of anilines is 2. The molecule has 1 amide bonds. The SMILES string of the molecule is NCC(=O)Nc1ccc2nc(N3CCCC3)sc2c1. The van der Waals surface area contributed by atoms with Gasteiger partial charge in [0.05, 0.1) is 16.8 Å². The van der Waals surface area contributed by atoms with Crippen molar-refractivity contribution in [3.05, 3.63) is 18.2 Å². The molecule has 1 aliphatic heterocycles. The Balaban J connectivity index is 1.88. The summed E-state index contributed by atoms with van der Waals surface area (Å²) in [4.78, 5) is 18.2. The van der Waals surface area contributed by atoms with Crippen molar-refractivity contribution in [1.29, 1.82) is 0 Å². The van der Waals surface area contributed by atoms with Crippen molar-refractivity contribution >= 4 is 38.3 Å². The second kappa shape index (κ2) is 5.14. The third-order valence-electron chi connectivity index (χ3n) is 3.22. The van der Waals surface area contributed by atoms with Crippen molar-refractivity contribution in [2.75, 3.05) is 29.9 Å². The quantitative estimate of drug-likeness (QED) is 0.896. The first kappa shape index (κ1) is 12.4. The van der Waals surface area contributed by atoms with E-state index < -0.39 is 0 Å². The Labute approximate surface area is 115 Å². The largest absolute Gasteiger partial charge is 0.348 e. The van der Waals surface area contributed by atoms with Gasteiger partial charge >= 0.3 is 0 Å². The third kappa shape index (κ3) is 2.54. The predicted molar refractivity (Wildman–Crippen MR) is 78.8 cm³/mol. The van der Waals surface area contributed by atoms with Crippen LogP contribution in [0.25, 0.3) is 10.2 Å². The summed E-state index contributed by atoms with van der Waals surface area (Å²) in [5.41, 5.74) is 7.05. The van der Waals surface area contributed by atoms with Gasteiger partial charge in [0.1, 0.15) is 0 Å². The van der Waals surface area contributed by atoms with Gasteiger partial charge < -0.3 is 16.0 Å². The number of nitrogens with one attached hydrogen (secondary N) is 1. The molecular formula is C13H16N4OS. The first-order valence-electron chi connectivity index (χ1n) is 6.42. The molecule has 0 unspecified atom stereocenters. The fourth-order valence-corrected chi connectivity index (χ4v) is 3.30. The molecule has 0 aliphatic carbocycles. The summed E-state index contributed by atoms with van der Waals surface area (Å²) < 4.78 is 1.09. The van der Waals surface area contributed by atoms with Crippen LogP contribution in [0.3, 0.4) is 0 Å². The molecule has 5 nitrogen and oxygen atoms in total. The molecule has 2 heterocycles. The molecule has 3 N–H and O–H groups in total. The van der Waals surface area contributed by atoms with E-state index in [-0.39, 0.29) is 12.5 Å². The molecule has 3 rings (SSSR count). The lowest BCUT2D eigenvalue weighted by atomic mass is 10.3. The molecule has 0 bridgehead atoms. The molecule has 19 heavy (non-hydrogen) atoms. The van der Waals surface area contributed by atoms with E-state index in [1.165, 1.54) is 12.8 Å². The Kier molecular flexibility index (Phi) is 3.35. The number of benzene rings is 1. The first-order valence-corrected chi connectivity index (χ1v) is 7.23. The molecule has 1 aromatic carbocycles. The van der Waals surface area contributed by atoms with Crippen molar-refractivity contribution in [3.8, 4) is 0 Å². The van der Waals surface area contributed by atoms with Crippen molar-refractivity contribution in [2.24, 2.45) is 5.73 Å². The van der Waals surface area contributed by atoms with E-state index in [0.29, 0.717) is 0 Å². The summed E-state index contributed by atoms with van der Waals surface area (Å²) in [6.45, 7) is 2.19. The van der Waals surface area contributed by atoms with E-state index >= 15 is 0 Å². The maximum absolute atomic E-state index is 11.3. The molecular weight excluding hydrogens is 260 g/mol. The number of hydrogen-bond donors (Lipinski definition) is 2. The summed E-state index contributed by atoms with van der Waals surface area (Å²) >= 11 is 1.68. The molecule has 1 saturated heterocycles. The van der Waals surface area contributed by atoms with E-state index in [1.54, 1.807) is 11.3 Å². The fourth-order valence-electron chi connectivity index (χ4n) is 2.25. The number of aromatic nitrogens is 1. The van der Waals surface area contributed by atoms with Crippen LogP contribution in [0, 0.1) is 0 Å². The van der Waals surface area contributed by atoms with Gasteiger partial charge in [0.25, 0.3) is 0 Å². The summed E-state index contributed by atoms with van der Waals surface area (Å²) in [7, 11) is 0. The summed E-state index contributed by atoms with van der Waals surface area (Å²) in [6.07, 6.45) is 2.49. The Hall–Kier alpha value is -1.66. The zero-order valence-electron chi connectivity index (χ0n) is 10.6. The Morgan fingerprint density at radius 2 is 2.21 bits per heavy atom. The van der Waals surface area contributed by atoms with Crippen molar-refractivity contribution in [2.45, 2.75) is 12.8 Å². The predicted octanol–water partition coefficient (Wildman–Crippen LogP) is 1.79. The highest BCUT2D eigenvalue weighted by molar-refractivity contribution is 7.22. The Morgan fingerprint density at radius 1 is 1.42 bits per heavy atom. The van der Waals surface area contributed by atoms with Crippen LogP contribution in [-0.4, -0.2) is 30.5 Å². The van der Waals surface area contributed by atoms with Crippen LogP contribution < -0.4 is 16.0 Å². The van der Waals surface area contributed by atoms with Gasteiger partial charge in [-0.3, -0.25) is 4.79 Å². The number of nitrogens with zero attached hydrogens (tertiary/aromatic N) is 2. The second-order valence-corrected chi connectivity index (χ2v) is 5.63. The van der Waals surface area contributed by atoms with E-state index in [2.05, 4.69) is 15.2 Å². The van der Waals surface area contributed by atoms with Gasteiger partial charge in [0, 0.05) is 18.8 Å². The molecule has 2 aromatic rings. The van der Waals surface area contributed by atoms with Crippen LogP contribution in [0.2, 0.25) is 0 Å². The molecule has 1 aromatic heterocycles. The number of amides is 1. The lowest BCUT2D eigenvalue weighted by Crippen LogP contribution is -2.21. The van der Waals surface area contributed by atoms with E-state index in [4.69, 9.17) is 5.73 Å². The summed E-state index contributed by atoms with van der Waals surface area (Å²) in [5.74, 6) is -0.177. The number of carbonyl (C=O) groups excluding carboxylic acids is 1. The van der Waals surface area contributed by atoms with E-state index in [1.807, 2.05) is 18.2 Å². The van der Waals surface area contributed by atoms with Gasteiger partial charge in [-0.15, -0.1) is 0 Å². The minimum Gasteiger partial charge on any atom is -0.348 e. The van der Waals surface area contributed by atoms with E-state index in [0.717, 1.165) is 34.1 Å². The molecule has 6 heteroatoms. The van der Waals surface area contributed by atoms with E-state index in [9.17, 15) is 4.79 Å². The van der Waals surface area contributed by atoms with Crippen LogP contribution in [0.15, 0.2) is 18.2 Å². The number of hydrogen-bond acceptors (Lipinski definition) is 5. The highest BCUT2D eigenvalue weighted by atomic mass is 32.1. The molecule has 0 spiro atoms. The number of carbonyl (C=O) groups is 1. The Bertz CT molecular complexity index is 604. The van der Waals surface area contributed by atoms with Crippen molar-refractivity contribution in [1.82, 2.24) is 4.98 Å². The van der Waals surface area contributed by atoms with Crippen LogP contribution in [0.1, 0.15) is 12.8 Å². The van der Waals surface area contributed by atoms with Gasteiger partial charge in [-0.1, -0.05) is 11.3 Å². The minimum absolute atomic E-state index is 0.000243. The smallest absolute Gasteiger partial charge is 0.238 e. The molecule has 100 valence electrons. The number of fused-ring (bicyclic) bond motifs is 1. The highest BCUT2D eigenvalue weighted by Crippen LogP contribution is 2.32. The van der Waals surface area contributed by atoms with Crippen LogP contribution in [-0.2, 0) is 4.79 Å². The molecule has 0 atom stereocenters. The number of thiazole rings is 1. The van der Waals surface area contributed by atoms with Crippen LogP contribution >= 0.6 is 11.3 Å². The number of nitrogens with two attached hydrogens (primary N) is 1. The normalized spacial score (nSPS) is 15.1. The second-order valence-electron chi connectivity index (χ2n) is 4.63. The maximum Gasteiger partial charge on any atom is 0.238 e. The molecule has 1 aliphatic rings.